The molecule has 4 nitrogen and oxygen atoms in total. The fourth-order valence-electron chi connectivity index (χ4n) is 2.45. The van der Waals surface area contributed by atoms with Crippen molar-refractivity contribution in [2.75, 3.05) is 0 Å². The monoisotopic (exact) mass is 230 g/mol. The number of carboxylic acids is 2. The van der Waals surface area contributed by atoms with Gasteiger partial charge in [0.1, 0.15) is 0 Å². The van der Waals surface area contributed by atoms with Crippen molar-refractivity contribution >= 4 is 11.9 Å². The summed E-state index contributed by atoms with van der Waals surface area (Å²) in [5, 5.41) is 18.5. The fourth-order valence-corrected chi connectivity index (χ4v) is 2.45. The smallest absolute Gasteiger partial charge is 0.310 e. The van der Waals surface area contributed by atoms with Crippen LogP contribution in [0.25, 0.3) is 0 Å². The van der Waals surface area contributed by atoms with Gasteiger partial charge < -0.3 is 10.2 Å². The largest absolute Gasteiger partial charge is 0.481 e. The van der Waals surface area contributed by atoms with Crippen molar-refractivity contribution in [1.82, 2.24) is 0 Å². The highest BCUT2D eigenvalue weighted by Crippen LogP contribution is 2.40. The molecule has 0 aliphatic heterocycles. The second-order valence-electron chi connectivity index (χ2n) is 4.71. The van der Waals surface area contributed by atoms with Gasteiger partial charge in [0, 0.05) is 0 Å². The van der Waals surface area contributed by atoms with Crippen LogP contribution in [0.4, 0.5) is 0 Å². The first kappa shape index (κ1) is 14.9. The minimum Gasteiger partial charge on any atom is -0.481 e. The quantitative estimate of drug-likeness (QED) is 0.705. The van der Waals surface area contributed by atoms with E-state index in [9.17, 15) is 14.7 Å². The third kappa shape index (κ3) is 2.97. The van der Waals surface area contributed by atoms with Gasteiger partial charge in [0.25, 0.3) is 0 Å². The summed E-state index contributed by atoms with van der Waals surface area (Å²) in [6.07, 6.45) is 1.11. The predicted molar refractivity (Wildman–Crippen MR) is 61.2 cm³/mol. The van der Waals surface area contributed by atoms with Crippen molar-refractivity contribution in [3.8, 4) is 0 Å². The standard InChI is InChI=1S/C12H22O4/c1-5-9(10(13)14)12(6-2,11(15)16)7-8(3)4/h8-9H,5-7H2,1-4H3,(H,13,14)(H,15,16). The third-order valence-electron chi connectivity index (χ3n) is 3.20. The first-order chi connectivity index (χ1) is 7.31. The van der Waals surface area contributed by atoms with Gasteiger partial charge in [-0.05, 0) is 25.2 Å². The van der Waals surface area contributed by atoms with Crippen LogP contribution < -0.4 is 0 Å². The molecule has 0 fully saturated rings. The minimum atomic E-state index is -1.13. The molecule has 0 amide bonds. The molecule has 0 spiro atoms. The maximum absolute atomic E-state index is 11.4. The summed E-state index contributed by atoms with van der Waals surface area (Å²) in [5.41, 5.74) is -1.13. The van der Waals surface area contributed by atoms with Gasteiger partial charge in [-0.2, -0.15) is 0 Å². The van der Waals surface area contributed by atoms with Gasteiger partial charge >= 0.3 is 11.9 Å². The summed E-state index contributed by atoms with van der Waals surface area (Å²) in [5.74, 6) is -2.63. The van der Waals surface area contributed by atoms with E-state index in [1.165, 1.54) is 0 Å². The lowest BCUT2D eigenvalue weighted by molar-refractivity contribution is -0.164. The molecule has 16 heavy (non-hydrogen) atoms. The lowest BCUT2D eigenvalue weighted by Crippen LogP contribution is -2.43. The van der Waals surface area contributed by atoms with Gasteiger partial charge in [0.15, 0.2) is 0 Å². The van der Waals surface area contributed by atoms with E-state index < -0.39 is 23.3 Å². The molecule has 2 unspecified atom stereocenters. The van der Waals surface area contributed by atoms with Crippen molar-refractivity contribution in [1.29, 1.82) is 0 Å². The normalized spacial score (nSPS) is 16.8. The Hall–Kier alpha value is -1.06. The van der Waals surface area contributed by atoms with Crippen LogP contribution in [0, 0.1) is 17.3 Å². The Morgan fingerprint density at radius 2 is 1.69 bits per heavy atom. The first-order valence-corrected chi connectivity index (χ1v) is 5.78. The predicted octanol–water partition coefficient (Wildman–Crippen LogP) is 2.62. The van der Waals surface area contributed by atoms with E-state index in [0.717, 1.165) is 0 Å². The highest BCUT2D eigenvalue weighted by atomic mass is 16.4. The number of aliphatic carboxylic acids is 2. The molecule has 0 aliphatic carbocycles. The van der Waals surface area contributed by atoms with Gasteiger partial charge in [-0.25, -0.2) is 0 Å². The molecule has 0 aromatic carbocycles. The van der Waals surface area contributed by atoms with E-state index in [4.69, 9.17) is 5.11 Å². The zero-order valence-electron chi connectivity index (χ0n) is 10.5. The van der Waals surface area contributed by atoms with Crippen LogP contribution in [0.3, 0.4) is 0 Å². The first-order valence-electron chi connectivity index (χ1n) is 5.78. The molecule has 0 saturated carbocycles. The van der Waals surface area contributed by atoms with Crippen LogP contribution in [-0.2, 0) is 9.59 Å². The molecule has 2 N–H and O–H groups in total. The topological polar surface area (TPSA) is 74.6 Å². The summed E-state index contributed by atoms with van der Waals surface area (Å²) in [6.45, 7) is 7.32. The highest BCUT2D eigenvalue weighted by Gasteiger charge is 2.47. The molecule has 4 heteroatoms. The van der Waals surface area contributed by atoms with Crippen molar-refractivity contribution in [2.24, 2.45) is 17.3 Å². The Morgan fingerprint density at radius 1 is 1.19 bits per heavy atom. The van der Waals surface area contributed by atoms with E-state index in [-0.39, 0.29) is 5.92 Å². The Bertz CT molecular complexity index is 260. The number of carboxylic acid groups (broad SMARTS) is 2. The number of carbonyl (C=O) groups is 2. The molecule has 0 radical (unpaired) electrons. The van der Waals surface area contributed by atoms with Crippen LogP contribution in [0.2, 0.25) is 0 Å². The molecular weight excluding hydrogens is 208 g/mol. The van der Waals surface area contributed by atoms with E-state index in [1.54, 1.807) is 13.8 Å². The molecular formula is C12H22O4. The van der Waals surface area contributed by atoms with E-state index in [0.29, 0.717) is 19.3 Å². The van der Waals surface area contributed by atoms with Crippen molar-refractivity contribution in [3.05, 3.63) is 0 Å². The van der Waals surface area contributed by atoms with Crippen molar-refractivity contribution in [3.63, 3.8) is 0 Å². The second-order valence-corrected chi connectivity index (χ2v) is 4.71. The average Bonchev–Trinajstić information content (AvgIpc) is 2.15. The van der Waals surface area contributed by atoms with Crippen LogP contribution in [0.15, 0.2) is 0 Å². The molecule has 2 atom stereocenters. The number of rotatable bonds is 7. The zero-order chi connectivity index (χ0) is 12.9. The van der Waals surface area contributed by atoms with Crippen LogP contribution in [-0.4, -0.2) is 22.2 Å². The Balaban J connectivity index is 5.31. The van der Waals surface area contributed by atoms with Gasteiger partial charge in [-0.3, -0.25) is 9.59 Å². The SMILES string of the molecule is CCC(C(=O)O)C(CC)(CC(C)C)C(=O)O. The average molecular weight is 230 g/mol. The summed E-state index contributed by atoms with van der Waals surface area (Å²) in [7, 11) is 0. The molecule has 0 saturated heterocycles. The lowest BCUT2D eigenvalue weighted by atomic mass is 9.67. The van der Waals surface area contributed by atoms with Gasteiger partial charge in [0.05, 0.1) is 11.3 Å². The molecule has 0 aliphatic rings. The van der Waals surface area contributed by atoms with Crippen LogP contribution in [0.5, 0.6) is 0 Å². The lowest BCUT2D eigenvalue weighted by Gasteiger charge is -2.34. The van der Waals surface area contributed by atoms with Crippen molar-refractivity contribution < 1.29 is 19.8 Å². The summed E-state index contributed by atoms with van der Waals surface area (Å²) >= 11 is 0. The van der Waals surface area contributed by atoms with E-state index >= 15 is 0 Å². The summed E-state index contributed by atoms with van der Waals surface area (Å²) < 4.78 is 0. The number of hydrogen-bond acceptors (Lipinski definition) is 2. The molecule has 0 aromatic heterocycles. The zero-order valence-corrected chi connectivity index (χ0v) is 10.5. The minimum absolute atomic E-state index is 0.171. The fraction of sp³-hybridized carbons (Fsp3) is 0.833. The maximum Gasteiger partial charge on any atom is 0.310 e. The molecule has 94 valence electrons. The second kappa shape index (κ2) is 5.87. The van der Waals surface area contributed by atoms with Gasteiger partial charge in [-0.15, -0.1) is 0 Å². The highest BCUT2D eigenvalue weighted by molar-refractivity contribution is 5.83. The van der Waals surface area contributed by atoms with E-state index in [2.05, 4.69) is 0 Å². The van der Waals surface area contributed by atoms with Crippen molar-refractivity contribution in [2.45, 2.75) is 47.0 Å². The van der Waals surface area contributed by atoms with Gasteiger partial charge in [-0.1, -0.05) is 27.7 Å². The van der Waals surface area contributed by atoms with Crippen LogP contribution >= 0.6 is 0 Å². The Morgan fingerprint density at radius 3 is 1.88 bits per heavy atom. The maximum atomic E-state index is 11.4. The molecule has 0 aromatic rings. The molecule has 0 heterocycles. The summed E-state index contributed by atoms with van der Waals surface area (Å²) in [4.78, 5) is 22.6. The van der Waals surface area contributed by atoms with Crippen LogP contribution in [0.1, 0.15) is 47.0 Å². The molecule has 0 rings (SSSR count). The van der Waals surface area contributed by atoms with E-state index in [1.807, 2.05) is 13.8 Å². The summed E-state index contributed by atoms with van der Waals surface area (Å²) in [6, 6.07) is 0. The van der Waals surface area contributed by atoms with Gasteiger partial charge in [0.2, 0.25) is 0 Å². The third-order valence-corrected chi connectivity index (χ3v) is 3.20. The Kier molecular flexibility index (Phi) is 5.48. The Labute approximate surface area is 96.7 Å². The molecule has 0 bridgehead atoms. The number of hydrogen-bond donors (Lipinski definition) is 2.